The molecule has 0 bridgehead atoms. The highest BCUT2D eigenvalue weighted by molar-refractivity contribution is 5.94. The molecule has 0 fully saturated rings. The predicted molar refractivity (Wildman–Crippen MR) is 79.1 cm³/mol. The lowest BCUT2D eigenvalue weighted by Gasteiger charge is -2.31. The van der Waals surface area contributed by atoms with E-state index < -0.39 is 12.0 Å². The third kappa shape index (κ3) is 3.96. The largest absolute Gasteiger partial charge is 0.480 e. The number of amides is 2. The lowest BCUT2D eigenvalue weighted by Crippen LogP contribution is -2.48. The van der Waals surface area contributed by atoms with Gasteiger partial charge >= 0.3 is 12.0 Å². The summed E-state index contributed by atoms with van der Waals surface area (Å²) in [6.07, 6.45) is 0.646. The molecule has 0 saturated carbocycles. The van der Waals surface area contributed by atoms with Gasteiger partial charge in [-0.25, -0.2) is 4.79 Å². The van der Waals surface area contributed by atoms with Gasteiger partial charge in [-0.3, -0.25) is 9.69 Å². The van der Waals surface area contributed by atoms with E-state index in [9.17, 15) is 9.59 Å². The van der Waals surface area contributed by atoms with Crippen molar-refractivity contribution in [2.45, 2.75) is 26.3 Å². The van der Waals surface area contributed by atoms with Crippen LogP contribution in [0.5, 0.6) is 0 Å². The summed E-state index contributed by atoms with van der Waals surface area (Å²) in [6, 6.07) is 8.10. The normalized spacial score (nSPS) is 11.3. The molecule has 0 aliphatic heterocycles. The van der Waals surface area contributed by atoms with Gasteiger partial charge in [-0.2, -0.15) is 5.26 Å². The molecule has 0 aliphatic rings. The molecule has 1 unspecified atom stereocenters. The molecule has 1 N–H and O–H groups in total. The fourth-order valence-corrected chi connectivity index (χ4v) is 1.93. The number of hydrogen-bond donors (Lipinski definition) is 1. The molecular weight excluding hydrogens is 270 g/mol. The molecule has 1 rings (SSSR count). The third-order valence-corrected chi connectivity index (χ3v) is 3.35. The Morgan fingerprint density at radius 3 is 2.52 bits per heavy atom. The van der Waals surface area contributed by atoms with E-state index in [0.717, 1.165) is 0 Å². The number of nitriles is 1. The summed E-state index contributed by atoms with van der Waals surface area (Å²) in [7, 11) is 1.54. The molecule has 6 heteroatoms. The second-order valence-corrected chi connectivity index (χ2v) is 4.75. The minimum atomic E-state index is -1.06. The van der Waals surface area contributed by atoms with Gasteiger partial charge in [-0.05, 0) is 25.5 Å². The molecule has 0 aliphatic carbocycles. The Kier molecular flexibility index (Phi) is 5.73. The lowest BCUT2D eigenvalue weighted by atomic mass is 10.2. The van der Waals surface area contributed by atoms with Crippen LogP contribution in [0.15, 0.2) is 24.3 Å². The fourth-order valence-electron chi connectivity index (χ4n) is 1.93. The van der Waals surface area contributed by atoms with Crippen molar-refractivity contribution in [2.24, 2.45) is 0 Å². The number of para-hydroxylation sites is 1. The Balaban J connectivity index is 3.08. The van der Waals surface area contributed by atoms with Crippen molar-refractivity contribution in [3.8, 4) is 6.07 Å². The van der Waals surface area contributed by atoms with Crippen LogP contribution in [-0.2, 0) is 4.79 Å². The first-order valence-corrected chi connectivity index (χ1v) is 6.67. The minimum absolute atomic E-state index is 0.203. The Labute approximate surface area is 124 Å². The summed E-state index contributed by atoms with van der Waals surface area (Å²) in [5.41, 5.74) is 0.830. The monoisotopic (exact) mass is 289 g/mol. The molecule has 1 aromatic rings. The maximum atomic E-state index is 12.5. The van der Waals surface area contributed by atoms with E-state index in [4.69, 9.17) is 10.4 Å². The SMILES string of the molecule is CCC(C)N(CC(=O)O)C(=O)N(C)c1ccccc1C#N. The number of urea groups is 1. The second kappa shape index (κ2) is 7.29. The first-order valence-electron chi connectivity index (χ1n) is 6.67. The lowest BCUT2D eigenvalue weighted by molar-refractivity contribution is -0.138. The highest BCUT2D eigenvalue weighted by Gasteiger charge is 2.26. The molecule has 0 spiro atoms. The zero-order valence-electron chi connectivity index (χ0n) is 12.4. The van der Waals surface area contributed by atoms with Crippen molar-refractivity contribution in [3.05, 3.63) is 29.8 Å². The van der Waals surface area contributed by atoms with Crippen molar-refractivity contribution in [1.29, 1.82) is 5.26 Å². The molecule has 112 valence electrons. The second-order valence-electron chi connectivity index (χ2n) is 4.75. The van der Waals surface area contributed by atoms with Gasteiger partial charge in [0.1, 0.15) is 12.6 Å². The summed E-state index contributed by atoms with van der Waals surface area (Å²) in [5.74, 6) is -1.06. The van der Waals surface area contributed by atoms with E-state index in [1.165, 1.54) is 16.8 Å². The van der Waals surface area contributed by atoms with Crippen LogP contribution < -0.4 is 4.90 Å². The number of aliphatic carboxylic acids is 1. The molecule has 0 aromatic heterocycles. The standard InChI is InChI=1S/C15H19N3O3/c1-4-11(2)18(10-14(19)20)15(21)17(3)13-8-6-5-7-12(13)9-16/h5-8,11H,4,10H2,1-3H3,(H,19,20). The topological polar surface area (TPSA) is 84.6 Å². The number of hydrogen-bond acceptors (Lipinski definition) is 3. The Morgan fingerprint density at radius 1 is 1.38 bits per heavy atom. The predicted octanol–water partition coefficient (Wildman–Crippen LogP) is 2.30. The van der Waals surface area contributed by atoms with Crippen molar-refractivity contribution in [3.63, 3.8) is 0 Å². The number of anilines is 1. The molecule has 6 nitrogen and oxygen atoms in total. The summed E-state index contributed by atoms with van der Waals surface area (Å²) >= 11 is 0. The van der Waals surface area contributed by atoms with Crippen LogP contribution in [0.2, 0.25) is 0 Å². The quantitative estimate of drug-likeness (QED) is 0.901. The minimum Gasteiger partial charge on any atom is -0.480 e. The smallest absolute Gasteiger partial charge is 0.325 e. The summed E-state index contributed by atoms with van der Waals surface area (Å²) in [4.78, 5) is 26.1. The molecule has 1 aromatic carbocycles. The van der Waals surface area contributed by atoms with Gasteiger partial charge in [-0.1, -0.05) is 19.1 Å². The molecule has 21 heavy (non-hydrogen) atoms. The van der Waals surface area contributed by atoms with Crippen LogP contribution in [0, 0.1) is 11.3 Å². The Bertz CT molecular complexity index is 566. The van der Waals surface area contributed by atoms with Gasteiger partial charge in [0, 0.05) is 13.1 Å². The van der Waals surface area contributed by atoms with Crippen molar-refractivity contribution in [1.82, 2.24) is 4.90 Å². The molecule has 0 radical (unpaired) electrons. The molecular formula is C15H19N3O3. The van der Waals surface area contributed by atoms with Crippen LogP contribution in [0.25, 0.3) is 0 Å². The Morgan fingerprint density at radius 2 is 2.00 bits per heavy atom. The van der Waals surface area contributed by atoms with Crippen molar-refractivity contribution in [2.75, 3.05) is 18.5 Å². The van der Waals surface area contributed by atoms with Gasteiger partial charge < -0.3 is 10.0 Å². The van der Waals surface area contributed by atoms with E-state index in [1.54, 1.807) is 31.2 Å². The van der Waals surface area contributed by atoms with Crippen LogP contribution in [0.4, 0.5) is 10.5 Å². The zero-order chi connectivity index (χ0) is 16.0. The van der Waals surface area contributed by atoms with Gasteiger partial charge in [0.25, 0.3) is 0 Å². The van der Waals surface area contributed by atoms with E-state index in [2.05, 4.69) is 0 Å². The first-order chi connectivity index (χ1) is 9.92. The van der Waals surface area contributed by atoms with Crippen LogP contribution >= 0.6 is 0 Å². The van der Waals surface area contributed by atoms with Gasteiger partial charge in [-0.15, -0.1) is 0 Å². The first kappa shape index (κ1) is 16.5. The number of carboxylic acids is 1. The summed E-state index contributed by atoms with van der Waals surface area (Å²) in [5, 5.41) is 18.1. The highest BCUT2D eigenvalue weighted by atomic mass is 16.4. The number of benzene rings is 1. The number of carboxylic acid groups (broad SMARTS) is 1. The third-order valence-electron chi connectivity index (χ3n) is 3.35. The van der Waals surface area contributed by atoms with Gasteiger partial charge in [0.2, 0.25) is 0 Å². The molecule has 1 atom stereocenters. The average Bonchev–Trinajstić information content (AvgIpc) is 2.50. The number of carbonyl (C=O) groups excluding carboxylic acids is 1. The molecule has 2 amide bonds. The van der Waals surface area contributed by atoms with Crippen molar-refractivity contribution < 1.29 is 14.7 Å². The van der Waals surface area contributed by atoms with Crippen LogP contribution in [-0.4, -0.2) is 41.6 Å². The highest BCUT2D eigenvalue weighted by Crippen LogP contribution is 2.20. The van der Waals surface area contributed by atoms with Crippen LogP contribution in [0.3, 0.4) is 0 Å². The number of nitrogens with zero attached hydrogens (tertiary/aromatic N) is 3. The maximum Gasteiger partial charge on any atom is 0.325 e. The van der Waals surface area contributed by atoms with Gasteiger partial charge in [0.15, 0.2) is 0 Å². The van der Waals surface area contributed by atoms with E-state index in [1.807, 2.05) is 13.0 Å². The summed E-state index contributed by atoms with van der Waals surface area (Å²) in [6.45, 7) is 3.31. The Hall–Kier alpha value is -2.55. The maximum absolute atomic E-state index is 12.5. The molecule has 0 saturated heterocycles. The van der Waals surface area contributed by atoms with E-state index in [0.29, 0.717) is 17.7 Å². The van der Waals surface area contributed by atoms with E-state index >= 15 is 0 Å². The van der Waals surface area contributed by atoms with Crippen LogP contribution in [0.1, 0.15) is 25.8 Å². The average molecular weight is 289 g/mol. The number of rotatable bonds is 5. The molecule has 0 heterocycles. The zero-order valence-corrected chi connectivity index (χ0v) is 12.4. The van der Waals surface area contributed by atoms with Gasteiger partial charge in [0.05, 0.1) is 11.3 Å². The number of carbonyl (C=O) groups is 2. The van der Waals surface area contributed by atoms with Crippen molar-refractivity contribution >= 4 is 17.7 Å². The fraction of sp³-hybridized carbons (Fsp3) is 0.400. The van der Waals surface area contributed by atoms with E-state index in [-0.39, 0.29) is 12.6 Å². The summed E-state index contributed by atoms with van der Waals surface area (Å²) < 4.78 is 0.